The van der Waals surface area contributed by atoms with E-state index in [0.29, 0.717) is 5.75 Å². The zero-order valence-electron chi connectivity index (χ0n) is 6.55. The summed E-state index contributed by atoms with van der Waals surface area (Å²) in [6.07, 6.45) is 5.65. The van der Waals surface area contributed by atoms with E-state index in [-0.39, 0.29) is 5.92 Å². The molecule has 0 aliphatic heterocycles. The van der Waals surface area contributed by atoms with Gasteiger partial charge in [-0.2, -0.15) is 12.6 Å². The molecule has 0 aromatic carbocycles. The Bertz CT molecular complexity index is 83.3. The van der Waals surface area contributed by atoms with Crippen molar-refractivity contribution in [2.45, 2.75) is 32.6 Å². The Morgan fingerprint density at radius 1 is 1.50 bits per heavy atom. The van der Waals surface area contributed by atoms with Gasteiger partial charge in [0.2, 0.25) is 0 Å². The summed E-state index contributed by atoms with van der Waals surface area (Å²) in [7, 11) is 0. The van der Waals surface area contributed by atoms with E-state index in [0.717, 1.165) is 12.7 Å². The van der Waals surface area contributed by atoms with Crippen molar-refractivity contribution in [3.8, 4) is 0 Å². The first-order valence-corrected chi connectivity index (χ1v) is 4.54. The minimum Gasteiger partial charge on any atom is -0.303 e. The molecule has 2 heteroatoms. The van der Waals surface area contributed by atoms with E-state index in [2.05, 4.69) is 19.6 Å². The van der Waals surface area contributed by atoms with Gasteiger partial charge in [-0.15, -0.1) is 0 Å². The van der Waals surface area contributed by atoms with Crippen molar-refractivity contribution in [2.75, 3.05) is 5.75 Å². The molecule has 1 nitrogen and oxygen atoms in total. The molecule has 0 bridgehead atoms. The van der Waals surface area contributed by atoms with Crippen molar-refractivity contribution in [3.05, 3.63) is 0 Å². The quantitative estimate of drug-likeness (QED) is 0.358. The fraction of sp³-hybridized carbons (Fsp3) is 0.875. The molecule has 0 amide bonds. The number of unbranched alkanes of at least 4 members (excludes halogenated alkanes) is 2. The fourth-order valence-corrected chi connectivity index (χ4v) is 1.13. The van der Waals surface area contributed by atoms with Gasteiger partial charge in [0.15, 0.2) is 0 Å². The molecule has 0 rings (SSSR count). The lowest BCUT2D eigenvalue weighted by molar-refractivity contribution is -0.110. The number of carbonyl (C=O) groups excluding carboxylic acids is 1. The molecule has 0 aliphatic carbocycles. The minimum absolute atomic E-state index is 0.190. The van der Waals surface area contributed by atoms with Crippen LogP contribution in [0.15, 0.2) is 0 Å². The van der Waals surface area contributed by atoms with E-state index in [1.54, 1.807) is 0 Å². The SMILES string of the molecule is CCCCCC(C=O)CS. The first-order valence-electron chi connectivity index (χ1n) is 3.91. The molecule has 0 saturated carbocycles. The summed E-state index contributed by atoms with van der Waals surface area (Å²) in [5, 5.41) is 0. The zero-order valence-corrected chi connectivity index (χ0v) is 7.44. The number of rotatable bonds is 6. The Kier molecular flexibility index (Phi) is 7.15. The van der Waals surface area contributed by atoms with Crippen molar-refractivity contribution in [1.82, 2.24) is 0 Å². The summed E-state index contributed by atoms with van der Waals surface area (Å²) >= 11 is 4.07. The van der Waals surface area contributed by atoms with E-state index in [4.69, 9.17) is 0 Å². The third kappa shape index (κ3) is 4.86. The fourth-order valence-electron chi connectivity index (χ4n) is 0.859. The molecule has 0 aliphatic rings. The molecule has 1 unspecified atom stereocenters. The van der Waals surface area contributed by atoms with Crippen molar-refractivity contribution >= 4 is 18.9 Å². The van der Waals surface area contributed by atoms with E-state index in [9.17, 15) is 4.79 Å². The normalized spacial score (nSPS) is 13.0. The highest BCUT2D eigenvalue weighted by Crippen LogP contribution is 2.08. The maximum absolute atomic E-state index is 10.3. The number of aldehydes is 1. The van der Waals surface area contributed by atoms with E-state index >= 15 is 0 Å². The van der Waals surface area contributed by atoms with Crippen LogP contribution in [-0.4, -0.2) is 12.0 Å². The van der Waals surface area contributed by atoms with E-state index < -0.39 is 0 Å². The molecule has 10 heavy (non-hydrogen) atoms. The average Bonchev–Trinajstić information content (AvgIpc) is 1.99. The van der Waals surface area contributed by atoms with Crippen LogP contribution in [0.4, 0.5) is 0 Å². The molecule has 0 heterocycles. The Balaban J connectivity index is 3.17. The predicted molar refractivity (Wildman–Crippen MR) is 47.5 cm³/mol. The lowest BCUT2D eigenvalue weighted by atomic mass is 10.1. The smallest absolute Gasteiger partial charge is 0.123 e. The van der Waals surface area contributed by atoms with Crippen LogP contribution < -0.4 is 0 Å². The maximum Gasteiger partial charge on any atom is 0.123 e. The van der Waals surface area contributed by atoms with Gasteiger partial charge in [-0.05, 0) is 12.2 Å². The number of thiol groups is 1. The summed E-state index contributed by atoms with van der Waals surface area (Å²) < 4.78 is 0. The molecule has 0 fully saturated rings. The van der Waals surface area contributed by atoms with Crippen molar-refractivity contribution in [2.24, 2.45) is 5.92 Å². The topological polar surface area (TPSA) is 17.1 Å². The molecular weight excluding hydrogens is 144 g/mol. The second-order valence-electron chi connectivity index (χ2n) is 2.57. The molecule has 0 spiro atoms. The Hall–Kier alpha value is 0.0200. The van der Waals surface area contributed by atoms with Gasteiger partial charge in [0, 0.05) is 5.92 Å². The lowest BCUT2D eigenvalue weighted by Gasteiger charge is -2.03. The number of carbonyl (C=O) groups is 1. The Morgan fingerprint density at radius 2 is 2.20 bits per heavy atom. The van der Waals surface area contributed by atoms with Crippen LogP contribution in [0.5, 0.6) is 0 Å². The molecule has 0 radical (unpaired) electrons. The van der Waals surface area contributed by atoms with Crippen LogP contribution in [0.2, 0.25) is 0 Å². The summed E-state index contributed by atoms with van der Waals surface area (Å²) in [6, 6.07) is 0. The highest BCUT2D eigenvalue weighted by molar-refractivity contribution is 7.80. The van der Waals surface area contributed by atoms with Crippen LogP contribution in [0, 0.1) is 5.92 Å². The van der Waals surface area contributed by atoms with Gasteiger partial charge in [0.25, 0.3) is 0 Å². The highest BCUT2D eigenvalue weighted by Gasteiger charge is 2.02. The molecule has 0 aromatic rings. The standard InChI is InChI=1S/C8H16OS/c1-2-3-4-5-8(6-9)7-10/h6,8,10H,2-5,7H2,1H3. The first-order chi connectivity index (χ1) is 4.85. The third-order valence-electron chi connectivity index (χ3n) is 1.61. The van der Waals surface area contributed by atoms with Crippen LogP contribution in [0.1, 0.15) is 32.6 Å². The monoisotopic (exact) mass is 160 g/mol. The maximum atomic E-state index is 10.3. The summed E-state index contributed by atoms with van der Waals surface area (Å²) in [6.45, 7) is 2.16. The highest BCUT2D eigenvalue weighted by atomic mass is 32.1. The van der Waals surface area contributed by atoms with E-state index in [1.807, 2.05) is 0 Å². The van der Waals surface area contributed by atoms with Gasteiger partial charge in [-0.25, -0.2) is 0 Å². The van der Waals surface area contributed by atoms with Crippen molar-refractivity contribution in [1.29, 1.82) is 0 Å². The largest absolute Gasteiger partial charge is 0.303 e. The van der Waals surface area contributed by atoms with Crippen LogP contribution in [0.25, 0.3) is 0 Å². The van der Waals surface area contributed by atoms with Gasteiger partial charge in [-0.1, -0.05) is 26.2 Å². The number of hydrogen-bond donors (Lipinski definition) is 1. The summed E-state index contributed by atoms with van der Waals surface area (Å²) in [5.74, 6) is 0.891. The predicted octanol–water partition coefficient (Wildman–Crippen LogP) is 2.31. The Morgan fingerprint density at radius 3 is 2.60 bits per heavy atom. The summed E-state index contributed by atoms with van der Waals surface area (Å²) in [4.78, 5) is 10.3. The van der Waals surface area contributed by atoms with Gasteiger partial charge in [-0.3, -0.25) is 0 Å². The van der Waals surface area contributed by atoms with Crippen LogP contribution in [0.3, 0.4) is 0 Å². The van der Waals surface area contributed by atoms with Gasteiger partial charge in [0.1, 0.15) is 6.29 Å². The molecule has 1 atom stereocenters. The lowest BCUT2D eigenvalue weighted by Crippen LogP contribution is -2.02. The van der Waals surface area contributed by atoms with Crippen LogP contribution in [-0.2, 0) is 4.79 Å². The van der Waals surface area contributed by atoms with Crippen LogP contribution >= 0.6 is 12.6 Å². The van der Waals surface area contributed by atoms with Crippen molar-refractivity contribution in [3.63, 3.8) is 0 Å². The van der Waals surface area contributed by atoms with Crippen molar-refractivity contribution < 1.29 is 4.79 Å². The molecule has 60 valence electrons. The number of hydrogen-bond acceptors (Lipinski definition) is 2. The third-order valence-corrected chi connectivity index (χ3v) is 2.07. The molecule has 0 aromatic heterocycles. The van der Waals surface area contributed by atoms with E-state index in [1.165, 1.54) is 19.3 Å². The first kappa shape index (κ1) is 10.0. The van der Waals surface area contributed by atoms with Gasteiger partial charge >= 0.3 is 0 Å². The second kappa shape index (κ2) is 7.13. The molecule has 0 saturated heterocycles. The summed E-state index contributed by atoms with van der Waals surface area (Å²) in [5.41, 5.74) is 0. The Labute approximate surface area is 68.6 Å². The van der Waals surface area contributed by atoms with Gasteiger partial charge < -0.3 is 4.79 Å². The van der Waals surface area contributed by atoms with Gasteiger partial charge in [0.05, 0.1) is 0 Å². The molecule has 0 N–H and O–H groups in total. The molecular formula is C8H16OS. The average molecular weight is 160 g/mol. The minimum atomic E-state index is 0.190. The zero-order chi connectivity index (χ0) is 7.82. The second-order valence-corrected chi connectivity index (χ2v) is 2.94.